The van der Waals surface area contributed by atoms with Crippen LogP contribution in [0.4, 0.5) is 4.39 Å². The highest BCUT2D eigenvalue weighted by atomic mass is 35.5. The first-order chi connectivity index (χ1) is 9.19. The van der Waals surface area contributed by atoms with E-state index in [0.29, 0.717) is 27.9 Å². The third-order valence-corrected chi connectivity index (χ3v) is 2.89. The van der Waals surface area contributed by atoms with Crippen LogP contribution in [-0.2, 0) is 0 Å². The van der Waals surface area contributed by atoms with Crippen LogP contribution in [-0.4, -0.2) is 26.7 Å². The monoisotopic (exact) mass is 278 g/mol. The highest BCUT2D eigenvalue weighted by Gasteiger charge is 2.13. The second-order valence-corrected chi connectivity index (χ2v) is 4.20. The Hall–Kier alpha value is -2.21. The number of aromatic nitrogens is 4. The van der Waals surface area contributed by atoms with E-state index in [9.17, 15) is 4.39 Å². The summed E-state index contributed by atoms with van der Waals surface area (Å²) in [5, 5.41) is 8.19. The van der Waals surface area contributed by atoms with Gasteiger partial charge in [0.2, 0.25) is 0 Å². The standard InChI is InChI=1S/C12H8ClFN4O/c1-19-7-2-3-8(9(14)4-7)12-17-16-11-5-10(13)15-6-18(11)12/h2-6H,1H3. The topological polar surface area (TPSA) is 52.3 Å². The summed E-state index contributed by atoms with van der Waals surface area (Å²) in [6, 6.07) is 6.08. The quantitative estimate of drug-likeness (QED) is 0.676. The maximum Gasteiger partial charge on any atom is 0.172 e. The number of ether oxygens (including phenoxy) is 1. The molecule has 0 saturated carbocycles. The largest absolute Gasteiger partial charge is 0.497 e. The first kappa shape index (κ1) is 11.9. The lowest BCUT2D eigenvalue weighted by molar-refractivity contribution is 0.411. The summed E-state index contributed by atoms with van der Waals surface area (Å²) in [6.07, 6.45) is 1.46. The van der Waals surface area contributed by atoms with Crippen LogP contribution in [0.3, 0.4) is 0 Å². The number of methoxy groups -OCH3 is 1. The van der Waals surface area contributed by atoms with Crippen molar-refractivity contribution < 1.29 is 9.13 Å². The number of hydrogen-bond donors (Lipinski definition) is 0. The zero-order valence-electron chi connectivity index (χ0n) is 9.84. The molecular weight excluding hydrogens is 271 g/mol. The number of hydrogen-bond acceptors (Lipinski definition) is 4. The van der Waals surface area contributed by atoms with Crippen LogP contribution in [0, 0.1) is 5.82 Å². The van der Waals surface area contributed by atoms with Crippen molar-refractivity contribution in [2.24, 2.45) is 0 Å². The summed E-state index contributed by atoms with van der Waals surface area (Å²) in [6.45, 7) is 0. The van der Waals surface area contributed by atoms with E-state index in [0.717, 1.165) is 0 Å². The lowest BCUT2D eigenvalue weighted by Crippen LogP contribution is -1.94. The fourth-order valence-corrected chi connectivity index (χ4v) is 1.90. The Morgan fingerprint density at radius 2 is 2.11 bits per heavy atom. The van der Waals surface area contributed by atoms with Crippen molar-refractivity contribution in [3.8, 4) is 17.1 Å². The Morgan fingerprint density at radius 1 is 1.26 bits per heavy atom. The van der Waals surface area contributed by atoms with Crippen LogP contribution in [0.5, 0.6) is 5.75 Å². The molecule has 0 radical (unpaired) electrons. The fraction of sp³-hybridized carbons (Fsp3) is 0.0833. The maximum absolute atomic E-state index is 14.0. The Bertz CT molecular complexity index is 759. The number of fused-ring (bicyclic) bond motifs is 1. The highest BCUT2D eigenvalue weighted by Crippen LogP contribution is 2.25. The molecule has 0 aliphatic rings. The fourth-order valence-electron chi connectivity index (χ4n) is 1.76. The molecule has 19 heavy (non-hydrogen) atoms. The van der Waals surface area contributed by atoms with E-state index in [1.165, 1.54) is 19.5 Å². The van der Waals surface area contributed by atoms with Crippen molar-refractivity contribution in [1.82, 2.24) is 19.6 Å². The number of benzene rings is 1. The van der Waals surface area contributed by atoms with Crippen LogP contribution < -0.4 is 4.74 Å². The van der Waals surface area contributed by atoms with Crippen molar-refractivity contribution in [1.29, 1.82) is 0 Å². The van der Waals surface area contributed by atoms with Gasteiger partial charge < -0.3 is 4.74 Å². The molecule has 0 unspecified atom stereocenters. The number of rotatable bonds is 2. The molecule has 0 fully saturated rings. The molecule has 1 aromatic carbocycles. The molecule has 0 aliphatic heterocycles. The summed E-state index contributed by atoms with van der Waals surface area (Å²) < 4.78 is 20.5. The molecule has 2 heterocycles. The van der Waals surface area contributed by atoms with Gasteiger partial charge in [-0.2, -0.15) is 0 Å². The second-order valence-electron chi connectivity index (χ2n) is 3.81. The van der Waals surface area contributed by atoms with Crippen molar-refractivity contribution in [2.75, 3.05) is 7.11 Å². The normalized spacial score (nSPS) is 10.9. The van der Waals surface area contributed by atoms with Crippen molar-refractivity contribution in [3.05, 3.63) is 41.6 Å². The summed E-state index contributed by atoms with van der Waals surface area (Å²) in [5.74, 6) is 0.360. The van der Waals surface area contributed by atoms with Gasteiger partial charge in [-0.05, 0) is 12.1 Å². The molecule has 5 nitrogen and oxygen atoms in total. The first-order valence-electron chi connectivity index (χ1n) is 5.39. The zero-order chi connectivity index (χ0) is 13.4. The van der Waals surface area contributed by atoms with E-state index in [4.69, 9.17) is 16.3 Å². The lowest BCUT2D eigenvalue weighted by atomic mass is 10.2. The van der Waals surface area contributed by atoms with Crippen molar-refractivity contribution >= 4 is 17.2 Å². The van der Waals surface area contributed by atoms with Gasteiger partial charge in [0.1, 0.15) is 23.0 Å². The van der Waals surface area contributed by atoms with E-state index in [1.807, 2.05) is 0 Å². The average molecular weight is 279 g/mol. The van der Waals surface area contributed by atoms with Crippen LogP contribution in [0.2, 0.25) is 5.15 Å². The van der Waals surface area contributed by atoms with Crippen LogP contribution in [0.15, 0.2) is 30.6 Å². The van der Waals surface area contributed by atoms with E-state index in [2.05, 4.69) is 15.2 Å². The van der Waals surface area contributed by atoms with Crippen molar-refractivity contribution in [2.45, 2.75) is 0 Å². The minimum Gasteiger partial charge on any atom is -0.497 e. The van der Waals surface area contributed by atoms with Gasteiger partial charge in [0.15, 0.2) is 11.5 Å². The summed E-state index contributed by atoms with van der Waals surface area (Å²) in [7, 11) is 1.48. The highest BCUT2D eigenvalue weighted by molar-refractivity contribution is 6.29. The maximum atomic E-state index is 14.0. The van der Waals surface area contributed by atoms with E-state index in [-0.39, 0.29) is 0 Å². The molecule has 0 atom stereocenters. The predicted molar refractivity (Wildman–Crippen MR) is 67.7 cm³/mol. The molecule has 96 valence electrons. The molecule has 0 saturated heterocycles. The molecule has 3 aromatic rings. The Morgan fingerprint density at radius 3 is 2.84 bits per heavy atom. The minimum absolute atomic E-state index is 0.307. The smallest absolute Gasteiger partial charge is 0.172 e. The summed E-state index contributed by atoms with van der Waals surface area (Å²) in [4.78, 5) is 3.93. The van der Waals surface area contributed by atoms with Crippen LogP contribution >= 0.6 is 11.6 Å². The van der Waals surface area contributed by atoms with Gasteiger partial charge in [0.25, 0.3) is 0 Å². The van der Waals surface area contributed by atoms with Gasteiger partial charge in [0.05, 0.1) is 12.7 Å². The van der Waals surface area contributed by atoms with E-state index < -0.39 is 5.82 Å². The van der Waals surface area contributed by atoms with Gasteiger partial charge in [-0.3, -0.25) is 4.40 Å². The van der Waals surface area contributed by atoms with Crippen LogP contribution in [0.25, 0.3) is 17.0 Å². The second kappa shape index (κ2) is 4.47. The van der Waals surface area contributed by atoms with Crippen LogP contribution in [0.1, 0.15) is 0 Å². The van der Waals surface area contributed by atoms with Gasteiger partial charge in [0, 0.05) is 12.1 Å². The molecule has 0 N–H and O–H groups in total. The number of nitrogens with zero attached hydrogens (tertiary/aromatic N) is 4. The van der Waals surface area contributed by atoms with E-state index >= 15 is 0 Å². The molecule has 2 aromatic heterocycles. The van der Waals surface area contributed by atoms with E-state index in [1.54, 1.807) is 22.6 Å². The summed E-state index contributed by atoms with van der Waals surface area (Å²) in [5.41, 5.74) is 0.822. The molecule has 0 spiro atoms. The zero-order valence-corrected chi connectivity index (χ0v) is 10.6. The van der Waals surface area contributed by atoms with Gasteiger partial charge in [-0.25, -0.2) is 9.37 Å². The predicted octanol–water partition coefficient (Wildman–Crippen LogP) is 2.59. The third-order valence-electron chi connectivity index (χ3n) is 2.68. The average Bonchev–Trinajstić information content (AvgIpc) is 2.81. The van der Waals surface area contributed by atoms with Gasteiger partial charge in [-0.1, -0.05) is 11.6 Å². The number of halogens is 2. The van der Waals surface area contributed by atoms with Crippen molar-refractivity contribution in [3.63, 3.8) is 0 Å². The molecule has 0 bridgehead atoms. The molecule has 3 rings (SSSR count). The minimum atomic E-state index is -0.441. The molecular formula is C12H8ClFN4O. The third kappa shape index (κ3) is 2.00. The Labute approximate surface area is 112 Å². The Balaban J connectivity index is 2.19. The molecule has 7 heteroatoms. The Kier molecular flexibility index (Phi) is 2.79. The lowest BCUT2D eigenvalue weighted by Gasteiger charge is -2.04. The first-order valence-corrected chi connectivity index (χ1v) is 5.77. The molecule has 0 aliphatic carbocycles. The van der Waals surface area contributed by atoms with Gasteiger partial charge in [-0.15, -0.1) is 10.2 Å². The molecule has 0 amide bonds. The SMILES string of the molecule is COc1ccc(-c2nnc3cc(Cl)ncn23)c(F)c1. The summed E-state index contributed by atoms with van der Waals surface area (Å²) >= 11 is 5.76. The van der Waals surface area contributed by atoms with Gasteiger partial charge >= 0.3 is 0 Å².